The van der Waals surface area contributed by atoms with Gasteiger partial charge in [0.1, 0.15) is 67.3 Å². The number of methoxy groups -OCH3 is 1. The molecule has 2 saturated carbocycles. The van der Waals surface area contributed by atoms with Gasteiger partial charge in [-0.25, -0.2) is 4.79 Å². The van der Waals surface area contributed by atoms with E-state index in [1.807, 2.05) is 24.3 Å². The summed E-state index contributed by atoms with van der Waals surface area (Å²) in [5.74, 6) is -0.109. The maximum atomic E-state index is 12.8. The van der Waals surface area contributed by atoms with Crippen molar-refractivity contribution in [3.05, 3.63) is 72.8 Å². The van der Waals surface area contributed by atoms with Gasteiger partial charge in [0.25, 0.3) is 11.8 Å². The Morgan fingerprint density at radius 2 is 1.36 bits per heavy atom. The van der Waals surface area contributed by atoms with Crippen molar-refractivity contribution in [3.63, 3.8) is 0 Å². The predicted molar refractivity (Wildman–Crippen MR) is 237 cm³/mol. The zero-order chi connectivity index (χ0) is 45.5. The highest BCUT2D eigenvalue weighted by atomic mass is 35.5. The minimum Gasteiger partial charge on any atom is -0.489 e. The van der Waals surface area contributed by atoms with Crippen molar-refractivity contribution in [2.24, 2.45) is 17.6 Å². The highest BCUT2D eigenvalue weighted by molar-refractivity contribution is 5.99. The number of benzene rings is 2. The Labute approximate surface area is 378 Å². The lowest BCUT2D eigenvalue weighted by Crippen LogP contribution is -2.56. The normalized spacial score (nSPS) is 25.6. The average Bonchev–Trinajstić information content (AvgIpc) is 4.03. The summed E-state index contributed by atoms with van der Waals surface area (Å²) in [7, 11) is 1.33. The number of amides is 3. The second-order valence-corrected chi connectivity index (χ2v) is 16.0. The molecule has 354 valence electrons. The third-order valence-corrected chi connectivity index (χ3v) is 11.4. The smallest absolute Gasteiger partial charge is 0.338 e. The van der Waals surface area contributed by atoms with E-state index in [1.165, 1.54) is 26.0 Å². The molecule has 0 bridgehead atoms. The van der Waals surface area contributed by atoms with Crippen LogP contribution >= 0.6 is 12.4 Å². The van der Waals surface area contributed by atoms with E-state index in [0.29, 0.717) is 34.7 Å². The summed E-state index contributed by atoms with van der Waals surface area (Å²) in [5, 5.41) is 58.9. The van der Waals surface area contributed by atoms with E-state index >= 15 is 0 Å². The molecule has 1 saturated heterocycles. The van der Waals surface area contributed by atoms with Crippen molar-refractivity contribution in [2.75, 3.05) is 37.6 Å². The van der Waals surface area contributed by atoms with Crippen molar-refractivity contribution in [3.8, 4) is 11.5 Å². The molecular weight excluding hydrogens is 856 g/mol. The first-order valence-electron chi connectivity index (χ1n) is 21.5. The minimum absolute atomic E-state index is 0. The first kappa shape index (κ1) is 52.0. The van der Waals surface area contributed by atoms with Crippen LogP contribution in [0.25, 0.3) is 0 Å². The number of hydrogen-bond acceptors (Lipinski definition) is 15. The molecule has 18 nitrogen and oxygen atoms in total. The Morgan fingerprint density at radius 3 is 1.91 bits per heavy atom. The van der Waals surface area contributed by atoms with E-state index in [-0.39, 0.29) is 38.1 Å². The number of aliphatic hydroxyl groups excluding tert-OH is 5. The number of cyclic esters (lactones) is 1. The Morgan fingerprint density at radius 1 is 0.828 bits per heavy atom. The number of aliphatic hydroxyl groups is 5. The lowest BCUT2D eigenvalue weighted by Gasteiger charge is -2.28. The van der Waals surface area contributed by atoms with Crippen LogP contribution in [0.4, 0.5) is 11.4 Å². The molecule has 0 spiro atoms. The molecular formula is C45H63ClN4O14. The SMILES string of the molecule is CCO[C@@H](C(=O)N[C@H]1COc2ccccc2NC1=O)[C@H](O)[C@@H](O)[C@H](O)/C=C/C1CCCC1.CO[C@H]1C(=O)O[C@@H]([C@H](O)/C=C/C2CCCC2)[C@H]1O.Cl.N[C@H]1COc2ccccc2NC1=O. The summed E-state index contributed by atoms with van der Waals surface area (Å²) < 4.78 is 26.0. The predicted octanol–water partition coefficient (Wildman–Crippen LogP) is 1.90. The monoisotopic (exact) mass is 918 g/mol. The van der Waals surface area contributed by atoms with Crippen molar-refractivity contribution in [1.82, 2.24) is 5.32 Å². The van der Waals surface area contributed by atoms with Crippen LogP contribution in [0.15, 0.2) is 72.8 Å². The third-order valence-electron chi connectivity index (χ3n) is 11.4. The van der Waals surface area contributed by atoms with Crippen LogP contribution in [-0.4, -0.2) is 137 Å². The Kier molecular flexibility index (Phi) is 20.9. The summed E-state index contributed by atoms with van der Waals surface area (Å²) in [4.78, 5) is 47.9. The van der Waals surface area contributed by atoms with E-state index in [1.54, 1.807) is 49.4 Å². The number of esters is 1. The van der Waals surface area contributed by atoms with Gasteiger partial charge in [0, 0.05) is 13.7 Å². The second kappa shape index (κ2) is 25.8. The Bertz CT molecular complexity index is 1880. The molecule has 5 aliphatic rings. The number of carbonyl (C=O) groups excluding carboxylic acids is 4. The molecule has 0 unspecified atom stereocenters. The number of allylic oxidation sites excluding steroid dienone is 2. The Hall–Kier alpha value is -4.63. The van der Waals surface area contributed by atoms with Crippen LogP contribution in [-0.2, 0) is 33.4 Å². The zero-order valence-corrected chi connectivity index (χ0v) is 36.8. The average molecular weight is 919 g/mol. The van der Waals surface area contributed by atoms with Crippen molar-refractivity contribution >= 4 is 47.5 Å². The van der Waals surface area contributed by atoms with Crippen molar-refractivity contribution < 1.29 is 68.4 Å². The molecule has 10 N–H and O–H groups in total. The van der Waals surface area contributed by atoms with E-state index in [4.69, 9.17) is 29.4 Å². The van der Waals surface area contributed by atoms with Gasteiger partial charge in [0.05, 0.1) is 11.4 Å². The number of halogens is 1. The zero-order valence-electron chi connectivity index (χ0n) is 36.0. The first-order valence-corrected chi connectivity index (χ1v) is 21.5. The number of hydrogen-bond donors (Lipinski definition) is 9. The molecule has 2 aromatic rings. The first-order chi connectivity index (χ1) is 30.3. The van der Waals surface area contributed by atoms with E-state index in [2.05, 4.69) is 16.0 Å². The fourth-order valence-electron chi connectivity index (χ4n) is 7.75. The standard InChI is InChI=1S/C23H32N2O7.C13H20O5.C9H10N2O2.ClH/c1-2-31-21(20(28)19(27)17(26)12-11-14-7-3-4-8-14)23(30)25-16-13-32-18-10-6-5-9-15(18)24-22(16)29;1-17-12-10(15)11(18-13(12)16)9(14)7-6-8-4-2-3-5-8;10-6-5-13-8-4-2-1-3-7(8)11-9(6)12;/h5-6,9-12,14,16-17,19-21,26-28H,2-4,7-8,13H2,1H3,(H,24,29)(H,25,30);6-12,14-15H,2-5H2,1H3;1-4,6H,5,10H2,(H,11,12);1H/b12-11+;7-6+;;/t16-,17+,19-,20+,21+;9-,10-,11+,12-;6-;/m010./s1. The van der Waals surface area contributed by atoms with Gasteiger partial charge in [-0.15, -0.1) is 12.4 Å². The summed E-state index contributed by atoms with van der Waals surface area (Å²) in [6.07, 6.45) is 5.69. The number of para-hydroxylation sites is 4. The number of fused-ring (bicyclic) bond motifs is 2. The molecule has 3 fully saturated rings. The molecule has 19 heteroatoms. The van der Waals surface area contributed by atoms with Gasteiger partial charge in [0.15, 0.2) is 18.3 Å². The number of carbonyl (C=O) groups is 4. The second-order valence-electron chi connectivity index (χ2n) is 16.0. The van der Waals surface area contributed by atoms with Crippen LogP contribution < -0.4 is 31.2 Å². The number of rotatable bonds is 13. The number of nitrogens with one attached hydrogen (secondary N) is 3. The summed E-state index contributed by atoms with van der Waals surface area (Å²) in [6.45, 7) is 1.82. The quantitative estimate of drug-likeness (QED) is 0.103. The topological polar surface area (TPSA) is 278 Å². The van der Waals surface area contributed by atoms with Gasteiger partial charge in [-0.2, -0.15) is 0 Å². The van der Waals surface area contributed by atoms with E-state index < -0.39 is 78.7 Å². The summed E-state index contributed by atoms with van der Waals surface area (Å²) >= 11 is 0. The number of anilines is 2. The van der Waals surface area contributed by atoms with Crippen LogP contribution in [0.2, 0.25) is 0 Å². The largest absolute Gasteiger partial charge is 0.489 e. The van der Waals surface area contributed by atoms with Gasteiger partial charge < -0.3 is 70.9 Å². The fraction of sp³-hybridized carbons (Fsp3) is 0.556. The van der Waals surface area contributed by atoms with Crippen LogP contribution in [0, 0.1) is 11.8 Å². The molecule has 2 aliphatic carbocycles. The molecule has 0 aromatic heterocycles. The molecule has 3 heterocycles. The van der Waals surface area contributed by atoms with E-state index in [9.17, 15) is 44.7 Å². The van der Waals surface area contributed by atoms with Gasteiger partial charge in [-0.05, 0) is 68.7 Å². The molecule has 10 atom stereocenters. The molecule has 2 aromatic carbocycles. The number of nitrogens with two attached hydrogens (primary N) is 1. The lowest BCUT2D eigenvalue weighted by molar-refractivity contribution is -0.154. The minimum atomic E-state index is -1.70. The van der Waals surface area contributed by atoms with Gasteiger partial charge in [0.2, 0.25) is 5.91 Å². The highest BCUT2D eigenvalue weighted by Gasteiger charge is 2.47. The molecule has 0 radical (unpaired) electrons. The highest BCUT2D eigenvalue weighted by Crippen LogP contribution is 2.29. The third kappa shape index (κ3) is 14.4. The van der Waals surface area contributed by atoms with Crippen molar-refractivity contribution in [1.29, 1.82) is 0 Å². The molecule has 3 aliphatic heterocycles. The molecule has 7 rings (SSSR count). The van der Waals surface area contributed by atoms with Crippen molar-refractivity contribution in [2.45, 2.75) is 119 Å². The summed E-state index contributed by atoms with van der Waals surface area (Å²) in [5.41, 5.74) is 6.69. The molecule has 3 amide bonds. The lowest BCUT2D eigenvalue weighted by atomic mass is 9.99. The maximum absolute atomic E-state index is 12.8. The van der Waals surface area contributed by atoms with E-state index in [0.717, 1.165) is 38.5 Å². The number of ether oxygens (including phenoxy) is 5. The van der Waals surface area contributed by atoms with Gasteiger partial charge >= 0.3 is 5.97 Å². The van der Waals surface area contributed by atoms with Gasteiger partial charge in [-0.1, -0.05) is 74.3 Å². The van der Waals surface area contributed by atoms with Gasteiger partial charge in [-0.3, -0.25) is 14.4 Å². The summed E-state index contributed by atoms with van der Waals surface area (Å²) in [6, 6.07) is 12.5. The fourth-order valence-corrected chi connectivity index (χ4v) is 7.75. The van der Waals surface area contributed by atoms with Crippen LogP contribution in [0.3, 0.4) is 0 Å². The Balaban J connectivity index is 0.000000235. The maximum Gasteiger partial charge on any atom is 0.338 e. The molecule has 64 heavy (non-hydrogen) atoms. The van der Waals surface area contributed by atoms with Crippen LogP contribution in [0.1, 0.15) is 58.3 Å². The van der Waals surface area contributed by atoms with Crippen LogP contribution in [0.5, 0.6) is 11.5 Å².